The fraction of sp³-hybridized carbons (Fsp3) is 0.419. The Balaban J connectivity index is 1.53. The lowest BCUT2D eigenvalue weighted by Gasteiger charge is -2.18. The minimum Gasteiger partial charge on any atom is -0.497 e. The second-order valence-electron chi connectivity index (χ2n) is 10.1. The number of ether oxygens (including phenoxy) is 2. The maximum absolute atomic E-state index is 13.8. The molecule has 9 nitrogen and oxygen atoms in total. The molecule has 1 atom stereocenters. The van der Waals surface area contributed by atoms with Gasteiger partial charge in [0.05, 0.1) is 24.0 Å². The molecule has 0 saturated carbocycles. The quantitative estimate of drug-likeness (QED) is 0.0988. The number of thiophene rings is 1. The normalized spacial score (nSPS) is 12.1. The summed E-state index contributed by atoms with van der Waals surface area (Å²) < 4.78 is 14.0. The number of aromatic nitrogens is 2. The van der Waals surface area contributed by atoms with Gasteiger partial charge in [0.25, 0.3) is 5.56 Å². The minimum atomic E-state index is -0.493. The van der Waals surface area contributed by atoms with Gasteiger partial charge in [0.1, 0.15) is 10.4 Å². The smallest absolute Gasteiger partial charge is 0.272 e. The summed E-state index contributed by atoms with van der Waals surface area (Å²) in [6.45, 7) is 7.35. The molecule has 2 heterocycles. The molecule has 1 unspecified atom stereocenters. The first-order valence-electron chi connectivity index (χ1n) is 14.2. The van der Waals surface area contributed by atoms with E-state index >= 15 is 0 Å². The van der Waals surface area contributed by atoms with Gasteiger partial charge in [-0.3, -0.25) is 19.0 Å². The van der Waals surface area contributed by atoms with Crippen LogP contribution in [0.4, 0.5) is 5.69 Å². The SMILES string of the molecule is CCC(Sc1nc2c(sc3ccccc32)c(=O)n1CCCC(=O)NCCCOC(C)C)C(=O)Nc1cccc(OC)c1. The van der Waals surface area contributed by atoms with Crippen LogP contribution in [0.15, 0.2) is 58.5 Å². The van der Waals surface area contributed by atoms with Crippen molar-refractivity contribution in [3.8, 4) is 5.75 Å². The summed E-state index contributed by atoms with van der Waals surface area (Å²) in [5.74, 6) is 0.390. The zero-order valence-electron chi connectivity index (χ0n) is 24.5. The maximum Gasteiger partial charge on any atom is 0.272 e. The monoisotopic (exact) mass is 610 g/mol. The number of hydrogen-bond donors (Lipinski definition) is 2. The number of nitrogens with zero attached hydrogens (tertiary/aromatic N) is 2. The summed E-state index contributed by atoms with van der Waals surface area (Å²) in [7, 11) is 1.58. The Morgan fingerprint density at radius 3 is 2.69 bits per heavy atom. The van der Waals surface area contributed by atoms with E-state index in [4.69, 9.17) is 14.5 Å². The van der Waals surface area contributed by atoms with Gasteiger partial charge in [-0.15, -0.1) is 11.3 Å². The molecular weight excluding hydrogens is 572 g/mol. The van der Waals surface area contributed by atoms with Gasteiger partial charge >= 0.3 is 0 Å². The fourth-order valence-corrected chi connectivity index (χ4v) is 6.54. The number of carbonyl (C=O) groups is 2. The average molecular weight is 611 g/mol. The molecule has 2 aromatic carbocycles. The summed E-state index contributed by atoms with van der Waals surface area (Å²) in [4.78, 5) is 44.5. The third-order valence-corrected chi connectivity index (χ3v) is 9.08. The standard InChI is InChI=1S/C31H38N4O5S2/c1-5-24(29(37)33-21-11-8-12-22(19-21)39-4)42-31-34-27-23-13-6-7-14-25(23)41-28(27)30(38)35(31)17-9-15-26(36)32-16-10-18-40-20(2)3/h6-8,11-14,19-20,24H,5,9-10,15-18H2,1-4H3,(H,32,36)(H,33,37). The summed E-state index contributed by atoms with van der Waals surface area (Å²) in [5.41, 5.74) is 1.12. The maximum atomic E-state index is 13.8. The minimum absolute atomic E-state index is 0.0678. The molecule has 2 N–H and O–H groups in total. The van der Waals surface area contributed by atoms with E-state index in [2.05, 4.69) is 10.6 Å². The molecule has 4 rings (SSSR count). The number of carbonyl (C=O) groups excluding carboxylic acids is 2. The highest BCUT2D eigenvalue weighted by molar-refractivity contribution is 8.00. The van der Waals surface area contributed by atoms with Crippen LogP contribution >= 0.6 is 23.1 Å². The molecule has 2 aromatic heterocycles. The number of anilines is 1. The van der Waals surface area contributed by atoms with Crippen molar-refractivity contribution in [3.05, 3.63) is 58.9 Å². The zero-order valence-corrected chi connectivity index (χ0v) is 26.1. The zero-order chi connectivity index (χ0) is 30.1. The molecule has 0 aliphatic carbocycles. The summed E-state index contributed by atoms with van der Waals surface area (Å²) in [6, 6.07) is 15.0. The molecule has 4 aromatic rings. The van der Waals surface area contributed by atoms with Crippen molar-refractivity contribution in [2.75, 3.05) is 25.6 Å². The number of amides is 2. The topological polar surface area (TPSA) is 112 Å². The number of fused-ring (bicyclic) bond motifs is 3. The summed E-state index contributed by atoms with van der Waals surface area (Å²) in [6.07, 6.45) is 2.18. The highest BCUT2D eigenvalue weighted by atomic mass is 32.2. The van der Waals surface area contributed by atoms with Gasteiger partial charge in [-0.2, -0.15) is 0 Å². The van der Waals surface area contributed by atoms with Crippen molar-refractivity contribution in [1.29, 1.82) is 0 Å². The second kappa shape index (κ2) is 15.2. The number of nitrogens with one attached hydrogen (secondary N) is 2. The average Bonchev–Trinajstić information content (AvgIpc) is 3.35. The van der Waals surface area contributed by atoms with Crippen LogP contribution in [0.2, 0.25) is 0 Å². The van der Waals surface area contributed by atoms with Crippen LogP contribution in [0.25, 0.3) is 20.3 Å². The summed E-state index contributed by atoms with van der Waals surface area (Å²) >= 11 is 2.69. The van der Waals surface area contributed by atoms with E-state index in [1.54, 1.807) is 23.8 Å². The predicted molar refractivity (Wildman–Crippen MR) is 171 cm³/mol. The van der Waals surface area contributed by atoms with Gasteiger partial charge in [-0.05, 0) is 51.3 Å². The van der Waals surface area contributed by atoms with Crippen molar-refractivity contribution in [2.24, 2.45) is 0 Å². The molecule has 0 spiro atoms. The fourth-order valence-electron chi connectivity index (χ4n) is 4.42. The third-order valence-electron chi connectivity index (χ3n) is 6.58. The van der Waals surface area contributed by atoms with Gasteiger partial charge in [0.15, 0.2) is 5.16 Å². The van der Waals surface area contributed by atoms with Gasteiger partial charge in [-0.1, -0.05) is 43.0 Å². The molecule has 42 heavy (non-hydrogen) atoms. The molecule has 0 saturated heterocycles. The van der Waals surface area contributed by atoms with Crippen LogP contribution < -0.4 is 20.9 Å². The molecule has 0 bridgehead atoms. The molecular formula is C31H38N4O5S2. The van der Waals surface area contributed by atoms with Crippen molar-refractivity contribution in [3.63, 3.8) is 0 Å². The van der Waals surface area contributed by atoms with Crippen LogP contribution in [-0.2, 0) is 20.9 Å². The first-order valence-corrected chi connectivity index (χ1v) is 15.9. The Labute approximate surface area is 254 Å². The lowest BCUT2D eigenvalue weighted by Crippen LogP contribution is -2.29. The van der Waals surface area contributed by atoms with Crippen molar-refractivity contribution in [1.82, 2.24) is 14.9 Å². The Bertz CT molecular complexity index is 1580. The van der Waals surface area contributed by atoms with E-state index in [0.29, 0.717) is 59.3 Å². The Morgan fingerprint density at radius 1 is 1.12 bits per heavy atom. The molecule has 2 amide bonds. The number of benzene rings is 2. The molecule has 0 fully saturated rings. The highest BCUT2D eigenvalue weighted by Crippen LogP contribution is 2.33. The van der Waals surface area contributed by atoms with E-state index < -0.39 is 5.25 Å². The van der Waals surface area contributed by atoms with E-state index in [1.165, 1.54) is 23.1 Å². The third kappa shape index (κ3) is 8.11. The van der Waals surface area contributed by atoms with E-state index in [9.17, 15) is 14.4 Å². The van der Waals surface area contributed by atoms with Crippen molar-refractivity contribution < 1.29 is 19.1 Å². The Hall–Kier alpha value is -3.41. The van der Waals surface area contributed by atoms with Crippen LogP contribution in [0, 0.1) is 0 Å². The molecule has 0 aliphatic rings. The van der Waals surface area contributed by atoms with E-state index in [1.807, 2.05) is 57.2 Å². The first kappa shape index (κ1) is 31.5. The van der Waals surface area contributed by atoms with Crippen LogP contribution in [0.3, 0.4) is 0 Å². The van der Waals surface area contributed by atoms with Crippen LogP contribution in [-0.4, -0.2) is 53.0 Å². The highest BCUT2D eigenvalue weighted by Gasteiger charge is 2.24. The molecule has 224 valence electrons. The Morgan fingerprint density at radius 2 is 1.93 bits per heavy atom. The van der Waals surface area contributed by atoms with Gasteiger partial charge in [0, 0.05) is 48.0 Å². The summed E-state index contributed by atoms with van der Waals surface area (Å²) in [5, 5.41) is 6.77. The van der Waals surface area contributed by atoms with Gasteiger partial charge in [0.2, 0.25) is 11.8 Å². The van der Waals surface area contributed by atoms with Gasteiger partial charge < -0.3 is 20.1 Å². The molecule has 0 radical (unpaired) electrons. The largest absolute Gasteiger partial charge is 0.497 e. The Kier molecular flexibility index (Phi) is 11.4. The van der Waals surface area contributed by atoms with E-state index in [0.717, 1.165) is 16.5 Å². The number of hydrogen-bond acceptors (Lipinski definition) is 8. The molecule has 0 aliphatic heterocycles. The molecule has 11 heteroatoms. The first-order chi connectivity index (χ1) is 20.3. The number of rotatable bonds is 15. The lowest BCUT2D eigenvalue weighted by atomic mass is 10.2. The van der Waals surface area contributed by atoms with Crippen LogP contribution in [0.5, 0.6) is 5.75 Å². The van der Waals surface area contributed by atoms with Crippen molar-refractivity contribution in [2.45, 2.75) is 69.5 Å². The van der Waals surface area contributed by atoms with Crippen molar-refractivity contribution >= 4 is 60.9 Å². The number of methoxy groups -OCH3 is 1. The van der Waals surface area contributed by atoms with Gasteiger partial charge in [-0.25, -0.2) is 4.98 Å². The number of thioether (sulfide) groups is 1. The predicted octanol–water partition coefficient (Wildman–Crippen LogP) is 5.84. The lowest BCUT2D eigenvalue weighted by molar-refractivity contribution is -0.121. The van der Waals surface area contributed by atoms with E-state index in [-0.39, 0.29) is 29.9 Å². The second-order valence-corrected chi connectivity index (χ2v) is 12.3. The van der Waals surface area contributed by atoms with Crippen LogP contribution in [0.1, 0.15) is 46.5 Å².